The summed E-state index contributed by atoms with van der Waals surface area (Å²) >= 11 is 0. The van der Waals surface area contributed by atoms with Gasteiger partial charge in [-0.05, 0) is 66.0 Å². The lowest BCUT2D eigenvalue weighted by molar-refractivity contribution is -0.122. The first-order chi connectivity index (χ1) is 21.2. The number of benzene rings is 3. The molecule has 0 aromatic heterocycles. The number of carbonyl (C=O) groups is 2. The Hall–Kier alpha value is -4.53. The summed E-state index contributed by atoms with van der Waals surface area (Å²) in [6, 6.07) is 16.0. The van der Waals surface area contributed by atoms with Crippen molar-refractivity contribution in [2.45, 2.75) is 91.6 Å². The molecule has 45 heavy (non-hydrogen) atoms. The number of nitrogens with zero attached hydrogens (tertiary/aromatic N) is 1. The van der Waals surface area contributed by atoms with Gasteiger partial charge in [0.1, 0.15) is 22.9 Å². The quantitative estimate of drug-likeness (QED) is 0.0947. The average Bonchev–Trinajstić information content (AvgIpc) is 3.01. The van der Waals surface area contributed by atoms with Crippen LogP contribution in [-0.4, -0.2) is 36.5 Å². The van der Waals surface area contributed by atoms with Gasteiger partial charge in [-0.15, -0.1) is 0 Å². The Morgan fingerprint density at radius 1 is 0.911 bits per heavy atom. The van der Waals surface area contributed by atoms with Crippen LogP contribution in [-0.2, 0) is 25.2 Å². The van der Waals surface area contributed by atoms with E-state index in [4.69, 9.17) is 14.2 Å². The molecule has 3 N–H and O–H groups in total. The molecule has 0 aliphatic rings. The molecule has 3 rings (SSSR count). The van der Waals surface area contributed by atoms with E-state index in [1.165, 1.54) is 38.1 Å². The van der Waals surface area contributed by atoms with Gasteiger partial charge in [-0.2, -0.15) is 0 Å². The summed E-state index contributed by atoms with van der Waals surface area (Å²) in [5.41, 5.74) is 3.30. The first-order valence-corrected chi connectivity index (χ1v) is 15.3. The summed E-state index contributed by atoms with van der Waals surface area (Å²) in [4.78, 5) is 29.1. The van der Waals surface area contributed by atoms with E-state index >= 15 is 0 Å². The maximum atomic E-state index is 13.4. The number of carbonyl (C=O) groups excluding carboxylic acids is 2. The van der Waals surface area contributed by atoms with Crippen LogP contribution in [0.2, 0.25) is 0 Å². The fourth-order valence-corrected chi connectivity index (χ4v) is 4.55. The van der Waals surface area contributed by atoms with Crippen LogP contribution >= 0.6 is 0 Å². The third-order valence-corrected chi connectivity index (χ3v) is 8.23. The SMILES string of the molecule is CCC(Oc1ccc(C(C)(C)CC)cc1C(C)(C)CC)C(=O)Nc1ccc(Oc2cc(NC(C)=O)c(O)cc2N=COC)cc1. The molecule has 242 valence electrons. The molecule has 0 fully saturated rings. The largest absolute Gasteiger partial charge is 0.506 e. The number of rotatable bonds is 14. The molecule has 0 heterocycles. The zero-order valence-electron chi connectivity index (χ0n) is 27.9. The number of amides is 2. The van der Waals surface area contributed by atoms with Crippen LogP contribution in [0.1, 0.15) is 85.8 Å². The van der Waals surface area contributed by atoms with Gasteiger partial charge in [-0.1, -0.05) is 60.6 Å². The second kappa shape index (κ2) is 15.0. The summed E-state index contributed by atoms with van der Waals surface area (Å²) in [6.07, 6.45) is 2.94. The van der Waals surface area contributed by atoms with Crippen molar-refractivity contribution in [3.05, 3.63) is 65.7 Å². The maximum Gasteiger partial charge on any atom is 0.265 e. The highest BCUT2D eigenvalue weighted by atomic mass is 16.5. The van der Waals surface area contributed by atoms with Crippen molar-refractivity contribution in [3.63, 3.8) is 0 Å². The van der Waals surface area contributed by atoms with Crippen LogP contribution < -0.4 is 20.1 Å². The molecular weight excluding hydrogens is 570 g/mol. The van der Waals surface area contributed by atoms with Crippen molar-refractivity contribution in [2.75, 3.05) is 17.7 Å². The van der Waals surface area contributed by atoms with E-state index < -0.39 is 6.10 Å². The standard InChI is InChI=1S/C36H47N3O6/c1-10-31(45-32-18-13-24(35(5,6)11-2)19-27(32)36(7,8)12-3)34(42)39-25-14-16-26(17-15-25)44-33-21-28(38-23(4)40)30(41)20-29(33)37-22-43-9/h13-22,31,41H,10-12H2,1-9H3,(H,38,40)(H,39,42). The van der Waals surface area contributed by atoms with Gasteiger partial charge >= 0.3 is 0 Å². The molecule has 3 aromatic rings. The summed E-state index contributed by atoms with van der Waals surface area (Å²) < 4.78 is 17.3. The van der Waals surface area contributed by atoms with Crippen LogP contribution in [0.15, 0.2) is 59.6 Å². The van der Waals surface area contributed by atoms with Crippen LogP contribution in [0.4, 0.5) is 17.1 Å². The fourth-order valence-electron chi connectivity index (χ4n) is 4.55. The molecule has 0 radical (unpaired) electrons. The Kier molecular flexibility index (Phi) is 11.6. The molecule has 2 amide bonds. The third-order valence-electron chi connectivity index (χ3n) is 8.23. The summed E-state index contributed by atoms with van der Waals surface area (Å²) in [7, 11) is 1.45. The Labute approximate surface area is 267 Å². The monoisotopic (exact) mass is 617 g/mol. The summed E-state index contributed by atoms with van der Waals surface area (Å²) in [5.74, 6) is 0.687. The number of anilines is 2. The van der Waals surface area contributed by atoms with Crippen LogP contribution in [0.25, 0.3) is 0 Å². The fraction of sp³-hybridized carbons (Fsp3) is 0.417. The highest BCUT2D eigenvalue weighted by Gasteiger charge is 2.29. The number of phenols is 1. The predicted octanol–water partition coefficient (Wildman–Crippen LogP) is 8.62. The molecular formula is C36H47N3O6. The van der Waals surface area contributed by atoms with E-state index in [0.717, 1.165) is 24.2 Å². The molecule has 9 heteroatoms. The smallest absolute Gasteiger partial charge is 0.265 e. The third kappa shape index (κ3) is 9.00. The van der Waals surface area contributed by atoms with Gasteiger partial charge in [0, 0.05) is 30.3 Å². The number of methoxy groups -OCH3 is 1. The molecule has 0 aliphatic heterocycles. The highest BCUT2D eigenvalue weighted by molar-refractivity contribution is 5.94. The number of hydrogen-bond donors (Lipinski definition) is 3. The van der Waals surface area contributed by atoms with Gasteiger partial charge in [0.05, 0.1) is 12.8 Å². The van der Waals surface area contributed by atoms with E-state index in [0.29, 0.717) is 23.5 Å². The summed E-state index contributed by atoms with van der Waals surface area (Å²) in [5, 5.41) is 15.8. The van der Waals surface area contributed by atoms with Crippen molar-refractivity contribution >= 4 is 35.3 Å². The van der Waals surface area contributed by atoms with Crippen LogP contribution in [0, 0.1) is 0 Å². The first-order valence-electron chi connectivity index (χ1n) is 15.3. The van der Waals surface area contributed by atoms with Gasteiger partial charge in [0.15, 0.2) is 18.3 Å². The number of aliphatic imine (C=N–C) groups is 1. The normalized spacial score (nSPS) is 12.5. The van der Waals surface area contributed by atoms with Gasteiger partial charge in [-0.25, -0.2) is 4.99 Å². The van der Waals surface area contributed by atoms with Crippen molar-refractivity contribution in [3.8, 4) is 23.0 Å². The molecule has 0 aliphatic carbocycles. The van der Waals surface area contributed by atoms with Gasteiger partial charge in [-0.3, -0.25) is 9.59 Å². The van der Waals surface area contributed by atoms with Crippen molar-refractivity contribution in [2.24, 2.45) is 4.99 Å². The first kappa shape index (κ1) is 35.0. The van der Waals surface area contributed by atoms with Gasteiger partial charge in [0.2, 0.25) is 5.91 Å². The predicted molar refractivity (Wildman–Crippen MR) is 181 cm³/mol. The number of ether oxygens (including phenoxy) is 3. The van der Waals surface area contributed by atoms with Crippen LogP contribution in [0.5, 0.6) is 23.0 Å². The zero-order chi connectivity index (χ0) is 33.4. The minimum Gasteiger partial charge on any atom is -0.506 e. The van der Waals surface area contributed by atoms with Crippen LogP contribution in [0.3, 0.4) is 0 Å². The Bertz CT molecular complexity index is 1510. The Balaban J connectivity index is 1.80. The lowest BCUT2D eigenvalue weighted by Gasteiger charge is -2.31. The number of phenolic OH excluding ortho intramolecular Hbond substituents is 1. The maximum absolute atomic E-state index is 13.4. The second-order valence-electron chi connectivity index (χ2n) is 12.3. The van der Waals surface area contributed by atoms with E-state index in [-0.39, 0.29) is 39.8 Å². The minimum absolute atomic E-state index is 0.0310. The molecule has 1 unspecified atom stereocenters. The summed E-state index contributed by atoms with van der Waals surface area (Å²) in [6.45, 7) is 16.5. The highest BCUT2D eigenvalue weighted by Crippen LogP contribution is 2.41. The molecule has 0 spiro atoms. The van der Waals surface area contributed by atoms with Crippen molar-refractivity contribution in [1.29, 1.82) is 0 Å². The lowest BCUT2D eigenvalue weighted by Crippen LogP contribution is -2.33. The van der Waals surface area contributed by atoms with Gasteiger partial charge in [0.25, 0.3) is 5.91 Å². The molecule has 3 aromatic carbocycles. The van der Waals surface area contributed by atoms with Crippen molar-refractivity contribution in [1.82, 2.24) is 0 Å². The van der Waals surface area contributed by atoms with Crippen molar-refractivity contribution < 1.29 is 28.9 Å². The Morgan fingerprint density at radius 3 is 2.16 bits per heavy atom. The number of nitrogens with one attached hydrogen (secondary N) is 2. The van der Waals surface area contributed by atoms with E-state index in [1.807, 2.05) is 13.0 Å². The molecule has 0 saturated heterocycles. The van der Waals surface area contributed by atoms with E-state index in [2.05, 4.69) is 69.3 Å². The average molecular weight is 618 g/mol. The lowest BCUT2D eigenvalue weighted by atomic mass is 9.76. The minimum atomic E-state index is -0.692. The molecule has 0 bridgehead atoms. The molecule has 1 atom stereocenters. The number of hydrogen-bond acceptors (Lipinski definition) is 7. The number of aromatic hydroxyl groups is 1. The molecule has 0 saturated carbocycles. The second-order valence-corrected chi connectivity index (χ2v) is 12.3. The topological polar surface area (TPSA) is 118 Å². The zero-order valence-corrected chi connectivity index (χ0v) is 27.9. The van der Waals surface area contributed by atoms with E-state index in [9.17, 15) is 14.7 Å². The Morgan fingerprint density at radius 2 is 1.58 bits per heavy atom. The van der Waals surface area contributed by atoms with Gasteiger partial charge < -0.3 is 30.0 Å². The molecule has 9 nitrogen and oxygen atoms in total. The van der Waals surface area contributed by atoms with E-state index in [1.54, 1.807) is 24.3 Å².